The van der Waals surface area contributed by atoms with Crippen LogP contribution in [0.3, 0.4) is 0 Å². The van der Waals surface area contributed by atoms with Crippen LogP contribution in [0.4, 0.5) is 0 Å². The molecule has 0 aliphatic carbocycles. The van der Waals surface area contributed by atoms with E-state index in [-0.39, 0.29) is 0 Å². The van der Waals surface area contributed by atoms with Gasteiger partial charge in [0.05, 0.1) is 16.6 Å². The van der Waals surface area contributed by atoms with Crippen molar-refractivity contribution in [1.82, 2.24) is 19.9 Å². The van der Waals surface area contributed by atoms with Crippen molar-refractivity contribution in [3.63, 3.8) is 0 Å². The summed E-state index contributed by atoms with van der Waals surface area (Å²) in [7, 11) is 0. The van der Waals surface area contributed by atoms with Crippen molar-refractivity contribution < 1.29 is 0 Å². The zero-order chi connectivity index (χ0) is 18.7. The Kier molecular flexibility index (Phi) is 6.54. The summed E-state index contributed by atoms with van der Waals surface area (Å²) in [6, 6.07) is 25.7. The molecule has 0 fully saturated rings. The number of benzene rings is 2. The van der Waals surface area contributed by atoms with Gasteiger partial charge in [0.1, 0.15) is 0 Å². The molecule has 0 saturated heterocycles. The Morgan fingerprint density at radius 2 is 0.963 bits per heavy atom. The minimum atomic E-state index is 0.949. The SMILES string of the molecule is Cc1ccccn1.c1ccc2ncccc2c1.c1ccc2nccnc2c1. The summed E-state index contributed by atoms with van der Waals surface area (Å²) in [6.07, 6.45) is 6.99. The summed E-state index contributed by atoms with van der Waals surface area (Å²) >= 11 is 0. The lowest BCUT2D eigenvalue weighted by Crippen LogP contribution is -1.78. The highest BCUT2D eigenvalue weighted by molar-refractivity contribution is 5.77. The number of fused-ring (bicyclic) bond motifs is 2. The Hall–Kier alpha value is -3.66. The Bertz CT molecular complexity index is 892. The summed E-state index contributed by atoms with van der Waals surface area (Å²) < 4.78 is 0. The van der Waals surface area contributed by atoms with Crippen LogP contribution in [-0.2, 0) is 0 Å². The molecule has 0 aliphatic rings. The third-order valence-corrected chi connectivity index (χ3v) is 3.70. The maximum atomic E-state index is 4.18. The van der Waals surface area contributed by atoms with Crippen LogP contribution in [0.15, 0.2) is 104 Å². The van der Waals surface area contributed by atoms with Crippen molar-refractivity contribution in [1.29, 1.82) is 0 Å². The first-order valence-corrected chi connectivity index (χ1v) is 8.66. The molecule has 0 N–H and O–H groups in total. The van der Waals surface area contributed by atoms with Crippen LogP contribution < -0.4 is 0 Å². The molecule has 0 aliphatic heterocycles. The van der Waals surface area contributed by atoms with E-state index < -0.39 is 0 Å². The van der Waals surface area contributed by atoms with E-state index in [9.17, 15) is 0 Å². The lowest BCUT2D eigenvalue weighted by molar-refractivity contribution is 1.20. The van der Waals surface area contributed by atoms with Crippen molar-refractivity contribution in [2.75, 3.05) is 0 Å². The van der Waals surface area contributed by atoms with E-state index in [4.69, 9.17) is 0 Å². The van der Waals surface area contributed by atoms with Gasteiger partial charge in [0.25, 0.3) is 0 Å². The average Bonchev–Trinajstić information content (AvgIpc) is 2.75. The van der Waals surface area contributed by atoms with E-state index in [0.29, 0.717) is 0 Å². The van der Waals surface area contributed by atoms with Crippen LogP contribution in [0.2, 0.25) is 0 Å². The molecule has 5 rings (SSSR count). The number of nitrogens with zero attached hydrogens (tertiary/aromatic N) is 4. The molecular formula is C23H20N4. The molecule has 0 unspecified atom stereocenters. The first-order chi connectivity index (χ1) is 13.3. The van der Waals surface area contributed by atoms with Gasteiger partial charge in [0.15, 0.2) is 0 Å². The molecule has 0 spiro atoms. The molecule has 0 bridgehead atoms. The van der Waals surface area contributed by atoms with E-state index in [0.717, 1.165) is 22.2 Å². The van der Waals surface area contributed by atoms with Gasteiger partial charge in [-0.25, -0.2) is 0 Å². The Morgan fingerprint density at radius 3 is 1.52 bits per heavy atom. The van der Waals surface area contributed by atoms with Gasteiger partial charge >= 0.3 is 0 Å². The van der Waals surface area contributed by atoms with E-state index >= 15 is 0 Å². The fraction of sp³-hybridized carbons (Fsp3) is 0.0435. The molecule has 4 nitrogen and oxygen atoms in total. The largest absolute Gasteiger partial charge is 0.262 e. The van der Waals surface area contributed by atoms with Gasteiger partial charge in [-0.2, -0.15) is 0 Å². The van der Waals surface area contributed by atoms with Gasteiger partial charge in [0.2, 0.25) is 0 Å². The highest BCUT2D eigenvalue weighted by Crippen LogP contribution is 2.08. The number of aromatic nitrogens is 4. The number of aryl methyl sites for hydroxylation is 1. The van der Waals surface area contributed by atoms with Gasteiger partial charge in [-0.05, 0) is 43.3 Å². The maximum absolute atomic E-state index is 4.18. The number of hydrogen-bond acceptors (Lipinski definition) is 4. The first-order valence-electron chi connectivity index (χ1n) is 8.66. The molecule has 3 heterocycles. The van der Waals surface area contributed by atoms with E-state index in [1.54, 1.807) is 18.6 Å². The van der Waals surface area contributed by atoms with Crippen molar-refractivity contribution in [3.05, 3.63) is 109 Å². The summed E-state index contributed by atoms with van der Waals surface area (Å²) in [5.41, 5.74) is 4.03. The minimum absolute atomic E-state index is 0.949. The van der Waals surface area contributed by atoms with E-state index in [1.165, 1.54) is 5.39 Å². The fourth-order valence-corrected chi connectivity index (χ4v) is 2.37. The zero-order valence-electron chi connectivity index (χ0n) is 15.1. The molecule has 0 radical (unpaired) electrons. The number of rotatable bonds is 0. The van der Waals surface area contributed by atoms with Crippen LogP contribution in [-0.4, -0.2) is 19.9 Å². The summed E-state index contributed by atoms with van der Waals surface area (Å²) in [6.45, 7) is 1.97. The summed E-state index contributed by atoms with van der Waals surface area (Å²) in [5, 5.41) is 1.20. The van der Waals surface area contributed by atoms with Gasteiger partial charge < -0.3 is 0 Å². The quantitative estimate of drug-likeness (QED) is 0.382. The van der Waals surface area contributed by atoms with Gasteiger partial charge in [-0.3, -0.25) is 19.9 Å². The molecule has 0 saturated carbocycles. The molecule has 4 heteroatoms. The second kappa shape index (κ2) is 9.73. The fourth-order valence-electron chi connectivity index (χ4n) is 2.37. The van der Waals surface area contributed by atoms with Gasteiger partial charge in [-0.15, -0.1) is 0 Å². The molecule has 0 amide bonds. The molecule has 3 aromatic heterocycles. The molecule has 2 aromatic carbocycles. The lowest BCUT2D eigenvalue weighted by atomic mass is 10.2. The van der Waals surface area contributed by atoms with Crippen molar-refractivity contribution in [2.45, 2.75) is 6.92 Å². The van der Waals surface area contributed by atoms with Crippen molar-refractivity contribution >= 4 is 21.9 Å². The molecule has 0 atom stereocenters. The van der Waals surface area contributed by atoms with Crippen molar-refractivity contribution in [2.24, 2.45) is 0 Å². The van der Waals surface area contributed by atoms with Crippen molar-refractivity contribution in [3.8, 4) is 0 Å². The predicted octanol–water partition coefficient (Wildman–Crippen LogP) is 5.25. The van der Waals surface area contributed by atoms with Crippen LogP contribution in [0, 0.1) is 6.92 Å². The monoisotopic (exact) mass is 352 g/mol. The predicted molar refractivity (Wildman–Crippen MR) is 110 cm³/mol. The minimum Gasteiger partial charge on any atom is -0.262 e. The highest BCUT2D eigenvalue weighted by atomic mass is 14.8. The smallest absolute Gasteiger partial charge is 0.0886 e. The highest BCUT2D eigenvalue weighted by Gasteiger charge is 1.88. The first kappa shape index (κ1) is 18.1. The maximum Gasteiger partial charge on any atom is 0.0886 e. The normalized spacial score (nSPS) is 9.67. The van der Waals surface area contributed by atoms with E-state index in [1.807, 2.05) is 79.9 Å². The molecule has 27 heavy (non-hydrogen) atoms. The van der Waals surface area contributed by atoms with Crippen LogP contribution in [0.25, 0.3) is 21.9 Å². The molecular weight excluding hydrogens is 332 g/mol. The standard InChI is InChI=1S/C9H7N.C8H6N2.C6H7N/c1-2-6-9-8(4-1)5-3-7-10-9;1-2-4-8-7(3-1)9-5-6-10-8;1-6-4-2-3-5-7-6/h1-7H;1-6H;2-5H,1H3. The zero-order valence-corrected chi connectivity index (χ0v) is 15.1. The van der Waals surface area contributed by atoms with Gasteiger partial charge in [-0.1, -0.05) is 42.5 Å². The Labute approximate surface area is 158 Å². The van der Waals surface area contributed by atoms with Gasteiger partial charge in [0, 0.05) is 35.9 Å². The number of hydrogen-bond donors (Lipinski definition) is 0. The third-order valence-electron chi connectivity index (χ3n) is 3.70. The van der Waals surface area contributed by atoms with E-state index in [2.05, 4.69) is 32.1 Å². The van der Waals surface area contributed by atoms with Crippen LogP contribution in [0.1, 0.15) is 5.69 Å². The number of para-hydroxylation sites is 3. The van der Waals surface area contributed by atoms with Crippen LogP contribution >= 0.6 is 0 Å². The second-order valence-electron chi connectivity index (χ2n) is 5.71. The molecule has 132 valence electrons. The third kappa shape index (κ3) is 5.68. The summed E-state index contributed by atoms with van der Waals surface area (Å²) in [5.74, 6) is 0. The second-order valence-corrected chi connectivity index (χ2v) is 5.71. The molecule has 5 aromatic rings. The average molecular weight is 352 g/mol. The Morgan fingerprint density at radius 1 is 0.444 bits per heavy atom. The van der Waals surface area contributed by atoms with Crippen LogP contribution in [0.5, 0.6) is 0 Å². The number of pyridine rings is 2. The summed E-state index contributed by atoms with van der Waals surface area (Å²) in [4.78, 5) is 16.4. The lowest BCUT2D eigenvalue weighted by Gasteiger charge is -1.91. The topological polar surface area (TPSA) is 51.6 Å². The Balaban J connectivity index is 0.000000119.